The van der Waals surface area contributed by atoms with E-state index in [1.54, 1.807) is 17.0 Å². The number of nitrogens with one attached hydrogen (secondary N) is 1. The lowest BCUT2D eigenvalue weighted by Crippen LogP contribution is -2.37. The molecule has 2 heterocycles. The average molecular weight is 360 g/mol. The van der Waals surface area contributed by atoms with Crippen molar-refractivity contribution >= 4 is 40.0 Å². The predicted octanol–water partition coefficient (Wildman–Crippen LogP) is 3.36. The summed E-state index contributed by atoms with van der Waals surface area (Å²) >= 11 is 1.08. The fraction of sp³-hybridized carbons (Fsp3) is 0.235. The number of benzene rings is 2. The molecule has 5 nitrogen and oxygen atoms in total. The first kappa shape index (κ1) is 15.9. The number of amides is 1. The molecule has 0 bridgehead atoms. The Kier molecular flexibility index (Phi) is 4.04. The van der Waals surface area contributed by atoms with Crippen LogP contribution in [0.2, 0.25) is 0 Å². The Hall–Kier alpha value is -2.61. The molecule has 1 aliphatic rings. The molecule has 25 heavy (non-hydrogen) atoms. The second-order valence-electron chi connectivity index (χ2n) is 5.91. The van der Waals surface area contributed by atoms with Gasteiger partial charge in [-0.1, -0.05) is 6.07 Å². The average Bonchev–Trinajstić information content (AvgIpc) is 3.06. The molecule has 0 saturated carbocycles. The van der Waals surface area contributed by atoms with Crippen molar-refractivity contribution in [1.29, 1.82) is 0 Å². The molecule has 0 saturated heterocycles. The summed E-state index contributed by atoms with van der Waals surface area (Å²) in [6.45, 7) is 0.681. The van der Waals surface area contributed by atoms with Gasteiger partial charge in [-0.2, -0.15) is 8.75 Å². The van der Waals surface area contributed by atoms with Crippen LogP contribution >= 0.6 is 11.7 Å². The second kappa shape index (κ2) is 6.36. The largest absolute Gasteiger partial charge is 0.362 e. The van der Waals surface area contributed by atoms with E-state index in [1.807, 2.05) is 6.07 Å². The molecular formula is C17H14F2N4OS. The van der Waals surface area contributed by atoms with Crippen LogP contribution in [0, 0.1) is 11.6 Å². The number of carbonyl (C=O) groups excluding carboxylic acids is 1. The van der Waals surface area contributed by atoms with Gasteiger partial charge in [0.25, 0.3) is 0 Å². The molecule has 1 amide bonds. The van der Waals surface area contributed by atoms with Gasteiger partial charge < -0.3 is 10.2 Å². The fourth-order valence-electron chi connectivity index (χ4n) is 3.09. The summed E-state index contributed by atoms with van der Waals surface area (Å²) in [6.07, 6.45) is 1.46. The number of carbonyl (C=O) groups is 1. The molecule has 0 aliphatic carbocycles. The number of hydrogen-bond donors (Lipinski definition) is 1. The summed E-state index contributed by atoms with van der Waals surface area (Å²) in [7, 11) is 0. The maximum Gasteiger partial charge on any atom is 0.243 e. The van der Waals surface area contributed by atoms with Crippen LogP contribution in [-0.4, -0.2) is 27.7 Å². The Labute approximate surface area is 146 Å². The third-order valence-electron chi connectivity index (χ3n) is 4.23. The zero-order valence-electron chi connectivity index (χ0n) is 13.1. The van der Waals surface area contributed by atoms with E-state index < -0.39 is 11.6 Å². The van der Waals surface area contributed by atoms with Crippen molar-refractivity contribution in [3.8, 4) is 0 Å². The molecule has 0 spiro atoms. The standard InChI is InChI=1S/C17H14F2N4OS/c18-11-7-10-3-2-6-23(15(10)8-12(11)19)9-16(24)20-13-4-1-5-14-17(13)22-25-21-14/h1,4-5,7-8H,2-3,6,9H2,(H,20,24). The number of rotatable bonds is 3. The minimum atomic E-state index is -0.899. The minimum Gasteiger partial charge on any atom is -0.362 e. The van der Waals surface area contributed by atoms with Gasteiger partial charge in [-0.3, -0.25) is 4.79 Å². The quantitative estimate of drug-likeness (QED) is 0.778. The highest BCUT2D eigenvalue weighted by Gasteiger charge is 2.22. The monoisotopic (exact) mass is 360 g/mol. The molecule has 0 atom stereocenters. The zero-order valence-corrected chi connectivity index (χ0v) is 13.9. The highest BCUT2D eigenvalue weighted by atomic mass is 32.1. The van der Waals surface area contributed by atoms with E-state index in [-0.39, 0.29) is 12.5 Å². The van der Waals surface area contributed by atoms with Crippen molar-refractivity contribution in [1.82, 2.24) is 8.75 Å². The maximum atomic E-state index is 13.6. The third-order valence-corrected chi connectivity index (χ3v) is 4.77. The lowest BCUT2D eigenvalue weighted by Gasteiger charge is -2.30. The van der Waals surface area contributed by atoms with Crippen LogP contribution in [-0.2, 0) is 11.2 Å². The molecule has 0 radical (unpaired) electrons. The van der Waals surface area contributed by atoms with Crippen LogP contribution in [0.3, 0.4) is 0 Å². The molecule has 0 unspecified atom stereocenters. The lowest BCUT2D eigenvalue weighted by atomic mass is 10.0. The molecule has 1 aromatic heterocycles. The van der Waals surface area contributed by atoms with E-state index in [9.17, 15) is 13.6 Å². The van der Waals surface area contributed by atoms with Gasteiger partial charge in [-0.05, 0) is 36.6 Å². The zero-order chi connectivity index (χ0) is 17.4. The lowest BCUT2D eigenvalue weighted by molar-refractivity contribution is -0.115. The third kappa shape index (κ3) is 3.05. The Morgan fingerprint density at radius 2 is 2.08 bits per heavy atom. The first-order valence-corrected chi connectivity index (χ1v) is 8.59. The van der Waals surface area contributed by atoms with Crippen molar-refractivity contribution < 1.29 is 13.6 Å². The van der Waals surface area contributed by atoms with Crippen molar-refractivity contribution in [3.05, 3.63) is 47.5 Å². The highest BCUT2D eigenvalue weighted by Crippen LogP contribution is 2.29. The number of aromatic nitrogens is 2. The van der Waals surface area contributed by atoms with Crippen LogP contribution in [0.15, 0.2) is 30.3 Å². The summed E-state index contributed by atoms with van der Waals surface area (Å²) < 4.78 is 35.3. The summed E-state index contributed by atoms with van der Waals surface area (Å²) in [5.74, 6) is -1.99. The van der Waals surface area contributed by atoms with E-state index >= 15 is 0 Å². The van der Waals surface area contributed by atoms with E-state index in [1.165, 1.54) is 12.1 Å². The molecular weight excluding hydrogens is 346 g/mol. The molecule has 1 N–H and O–H groups in total. The number of fused-ring (bicyclic) bond motifs is 2. The van der Waals surface area contributed by atoms with Crippen LogP contribution in [0.4, 0.5) is 20.2 Å². The SMILES string of the molecule is O=C(CN1CCCc2cc(F)c(F)cc21)Nc1cccc2nsnc12. The Morgan fingerprint density at radius 1 is 1.24 bits per heavy atom. The molecule has 3 aromatic rings. The van der Waals surface area contributed by atoms with Gasteiger partial charge in [0.1, 0.15) is 11.0 Å². The van der Waals surface area contributed by atoms with Crippen molar-refractivity contribution in [2.75, 3.05) is 23.3 Å². The van der Waals surface area contributed by atoms with Gasteiger partial charge >= 0.3 is 0 Å². The summed E-state index contributed by atoms with van der Waals surface area (Å²) in [4.78, 5) is 14.2. The molecule has 128 valence electrons. The normalized spacial score (nSPS) is 13.8. The van der Waals surface area contributed by atoms with Gasteiger partial charge in [0.2, 0.25) is 5.91 Å². The molecule has 8 heteroatoms. The number of aryl methyl sites for hydroxylation is 1. The Balaban J connectivity index is 1.54. The van der Waals surface area contributed by atoms with Gasteiger partial charge in [0.05, 0.1) is 24.0 Å². The smallest absolute Gasteiger partial charge is 0.243 e. The summed E-state index contributed by atoms with van der Waals surface area (Å²) in [6, 6.07) is 7.78. The Morgan fingerprint density at radius 3 is 2.96 bits per heavy atom. The summed E-state index contributed by atoms with van der Waals surface area (Å²) in [5.41, 5.74) is 3.27. The van der Waals surface area contributed by atoms with E-state index in [0.717, 1.165) is 29.2 Å². The molecule has 2 aromatic carbocycles. The van der Waals surface area contributed by atoms with Crippen molar-refractivity contribution in [2.45, 2.75) is 12.8 Å². The number of nitrogens with zero attached hydrogens (tertiary/aromatic N) is 3. The van der Waals surface area contributed by atoms with Crippen LogP contribution in [0.1, 0.15) is 12.0 Å². The van der Waals surface area contributed by atoms with Crippen LogP contribution in [0.25, 0.3) is 11.0 Å². The number of anilines is 2. The van der Waals surface area contributed by atoms with E-state index in [0.29, 0.717) is 29.9 Å². The number of hydrogen-bond acceptors (Lipinski definition) is 5. The molecule has 4 rings (SSSR count). The fourth-order valence-corrected chi connectivity index (χ4v) is 3.64. The van der Waals surface area contributed by atoms with E-state index in [2.05, 4.69) is 14.1 Å². The highest BCUT2D eigenvalue weighted by molar-refractivity contribution is 7.00. The second-order valence-corrected chi connectivity index (χ2v) is 6.43. The van der Waals surface area contributed by atoms with Crippen LogP contribution < -0.4 is 10.2 Å². The summed E-state index contributed by atoms with van der Waals surface area (Å²) in [5, 5.41) is 2.83. The first-order valence-electron chi connectivity index (χ1n) is 7.86. The predicted molar refractivity (Wildman–Crippen MR) is 92.9 cm³/mol. The van der Waals surface area contributed by atoms with Crippen LogP contribution in [0.5, 0.6) is 0 Å². The first-order chi connectivity index (χ1) is 12.1. The van der Waals surface area contributed by atoms with Crippen molar-refractivity contribution in [3.63, 3.8) is 0 Å². The molecule has 0 fully saturated rings. The van der Waals surface area contributed by atoms with Gasteiger partial charge in [-0.25, -0.2) is 8.78 Å². The van der Waals surface area contributed by atoms with Gasteiger partial charge in [0.15, 0.2) is 11.6 Å². The maximum absolute atomic E-state index is 13.6. The van der Waals surface area contributed by atoms with Crippen molar-refractivity contribution in [2.24, 2.45) is 0 Å². The minimum absolute atomic E-state index is 0.0615. The van der Waals surface area contributed by atoms with Gasteiger partial charge in [0, 0.05) is 18.3 Å². The topological polar surface area (TPSA) is 58.1 Å². The molecule has 1 aliphatic heterocycles. The Bertz CT molecular complexity index is 959. The number of halogens is 2. The van der Waals surface area contributed by atoms with E-state index in [4.69, 9.17) is 0 Å². The van der Waals surface area contributed by atoms with Gasteiger partial charge in [-0.15, -0.1) is 0 Å².